The normalized spacial score (nSPS) is 23.6. The van der Waals surface area contributed by atoms with Gasteiger partial charge in [0.15, 0.2) is 5.75 Å². The van der Waals surface area contributed by atoms with Crippen LogP contribution in [-0.2, 0) is 6.42 Å². The molecule has 3 unspecified atom stereocenters. The van der Waals surface area contributed by atoms with Gasteiger partial charge >= 0.3 is 6.16 Å². The highest BCUT2D eigenvalue weighted by Gasteiger charge is 2.32. The Morgan fingerprint density at radius 3 is 2.54 bits per heavy atom. The molecule has 0 spiro atoms. The van der Waals surface area contributed by atoms with E-state index in [-0.39, 0.29) is 41.7 Å². The fourth-order valence-electron chi connectivity index (χ4n) is 4.49. The van der Waals surface area contributed by atoms with Crippen LogP contribution in [0.3, 0.4) is 0 Å². The number of anilines is 1. The minimum absolute atomic E-state index is 0. The van der Waals surface area contributed by atoms with Crippen LogP contribution in [0.2, 0.25) is 0 Å². The number of pyridine rings is 1. The van der Waals surface area contributed by atoms with Crippen molar-refractivity contribution in [2.45, 2.75) is 45.3 Å². The molecular formula is C19H23ClFN3O4. The molecule has 9 heteroatoms. The predicted molar refractivity (Wildman–Crippen MR) is 107 cm³/mol. The predicted octanol–water partition coefficient (Wildman–Crippen LogP) is 2.92. The summed E-state index contributed by atoms with van der Waals surface area (Å²) < 4.78 is 21.6. The maximum Gasteiger partial charge on any atom is 0.511 e. The molecule has 28 heavy (non-hydrogen) atoms. The van der Waals surface area contributed by atoms with Crippen LogP contribution in [0.4, 0.5) is 14.9 Å². The highest BCUT2D eigenvalue weighted by molar-refractivity contribution is 5.90. The first-order valence-corrected chi connectivity index (χ1v) is 9.08. The topological polar surface area (TPSA) is 83.8 Å². The number of benzene rings is 1. The number of hydrogen-bond donors (Lipinski definition) is 2. The van der Waals surface area contributed by atoms with Crippen molar-refractivity contribution in [3.05, 3.63) is 33.9 Å². The van der Waals surface area contributed by atoms with Crippen LogP contribution >= 0.6 is 12.4 Å². The second-order valence-electron chi connectivity index (χ2n) is 7.61. The Morgan fingerprint density at radius 2 is 1.93 bits per heavy atom. The number of nitrogens with one attached hydrogen (secondary N) is 1. The SMILES string of the molecule is CC1CN(c2c(F)cc3c(=O)c(OC(=O)O)cn4c3c2CC4C)CC(C)N1.Cl. The first-order chi connectivity index (χ1) is 12.8. The van der Waals surface area contributed by atoms with E-state index in [1.54, 1.807) is 0 Å². The number of aromatic nitrogens is 1. The van der Waals surface area contributed by atoms with Crippen molar-refractivity contribution in [2.75, 3.05) is 18.0 Å². The molecule has 4 rings (SSSR count). The molecule has 1 aromatic heterocycles. The Kier molecular flexibility index (Phi) is 5.29. The lowest BCUT2D eigenvalue weighted by atomic mass is 10.0. The molecule has 0 amide bonds. The van der Waals surface area contributed by atoms with Gasteiger partial charge in [-0.25, -0.2) is 9.18 Å². The van der Waals surface area contributed by atoms with Crippen LogP contribution in [0.25, 0.3) is 10.9 Å². The molecule has 1 saturated heterocycles. The number of nitrogens with zero attached hydrogens (tertiary/aromatic N) is 2. The van der Waals surface area contributed by atoms with Gasteiger partial charge in [-0.2, -0.15) is 0 Å². The van der Waals surface area contributed by atoms with Gasteiger partial charge < -0.3 is 24.6 Å². The smallest absolute Gasteiger partial charge is 0.449 e. The molecule has 0 bridgehead atoms. The largest absolute Gasteiger partial charge is 0.511 e. The molecule has 0 aliphatic carbocycles. The minimum atomic E-state index is -1.56. The van der Waals surface area contributed by atoms with Crippen LogP contribution in [0, 0.1) is 5.82 Å². The maximum atomic E-state index is 15.2. The third-order valence-corrected chi connectivity index (χ3v) is 5.35. The quantitative estimate of drug-likeness (QED) is 0.739. The van der Waals surface area contributed by atoms with Crippen molar-refractivity contribution in [1.82, 2.24) is 9.88 Å². The molecule has 0 radical (unpaired) electrons. The molecule has 2 N–H and O–H groups in total. The average molecular weight is 412 g/mol. The molecule has 1 aromatic carbocycles. The molecule has 2 aliphatic heterocycles. The summed E-state index contributed by atoms with van der Waals surface area (Å²) in [5, 5.41) is 12.5. The third-order valence-electron chi connectivity index (χ3n) is 5.35. The zero-order chi connectivity index (χ0) is 19.5. The summed E-state index contributed by atoms with van der Waals surface area (Å²) in [6.45, 7) is 7.44. The number of rotatable bonds is 2. The maximum absolute atomic E-state index is 15.2. The van der Waals surface area contributed by atoms with Crippen LogP contribution in [0.5, 0.6) is 5.75 Å². The van der Waals surface area contributed by atoms with E-state index in [0.717, 1.165) is 5.56 Å². The van der Waals surface area contributed by atoms with Gasteiger partial charge in [-0.3, -0.25) is 4.79 Å². The lowest BCUT2D eigenvalue weighted by Gasteiger charge is -2.38. The Morgan fingerprint density at radius 1 is 1.29 bits per heavy atom. The summed E-state index contributed by atoms with van der Waals surface area (Å²) in [6, 6.07) is 1.64. The summed E-state index contributed by atoms with van der Waals surface area (Å²) in [4.78, 5) is 25.6. The van der Waals surface area contributed by atoms with Crippen LogP contribution in [0.1, 0.15) is 32.4 Å². The summed E-state index contributed by atoms with van der Waals surface area (Å²) >= 11 is 0. The van der Waals surface area contributed by atoms with Crippen LogP contribution in [-0.4, -0.2) is 41.0 Å². The number of hydrogen-bond acceptors (Lipinski definition) is 5. The van der Waals surface area contributed by atoms with E-state index >= 15 is 4.39 Å². The number of ether oxygens (including phenoxy) is 1. The fraction of sp³-hybridized carbons (Fsp3) is 0.474. The molecule has 3 heterocycles. The zero-order valence-electron chi connectivity index (χ0n) is 15.9. The van der Waals surface area contributed by atoms with E-state index in [0.29, 0.717) is 30.7 Å². The number of carbonyl (C=O) groups is 1. The Hall–Kier alpha value is -2.32. The lowest BCUT2D eigenvalue weighted by molar-refractivity contribution is 0.143. The number of carboxylic acid groups (broad SMARTS) is 1. The summed E-state index contributed by atoms with van der Waals surface area (Å²) in [6.07, 6.45) is 0.433. The molecule has 2 aromatic rings. The molecule has 152 valence electrons. The highest BCUT2D eigenvalue weighted by Crippen LogP contribution is 2.40. The molecule has 0 saturated carbocycles. The molecule has 3 atom stereocenters. The monoisotopic (exact) mass is 411 g/mol. The fourth-order valence-corrected chi connectivity index (χ4v) is 4.49. The Balaban J connectivity index is 0.00000225. The van der Waals surface area contributed by atoms with E-state index in [2.05, 4.69) is 23.9 Å². The van der Waals surface area contributed by atoms with Gasteiger partial charge in [-0.15, -0.1) is 12.4 Å². The van der Waals surface area contributed by atoms with Crippen LogP contribution < -0.4 is 20.4 Å². The Bertz CT molecular complexity index is 999. The van der Waals surface area contributed by atoms with Gasteiger partial charge in [-0.05, 0) is 33.3 Å². The van der Waals surface area contributed by atoms with Gasteiger partial charge in [0.05, 0.1) is 22.8 Å². The zero-order valence-corrected chi connectivity index (χ0v) is 16.7. The highest BCUT2D eigenvalue weighted by atomic mass is 35.5. The van der Waals surface area contributed by atoms with Crippen molar-refractivity contribution in [1.29, 1.82) is 0 Å². The standard InChI is InChI=1S/C19H22FN3O4.ClH/c1-9-6-22(7-10(2)21-9)17-12-4-11(3)23-8-15(27-19(25)26)18(24)13(16(12)23)5-14(17)20;/h5,8-11,21H,4,6-7H2,1-3H3,(H,25,26);1H. The second kappa shape index (κ2) is 7.25. The van der Waals surface area contributed by atoms with E-state index in [9.17, 15) is 9.59 Å². The molecule has 7 nitrogen and oxygen atoms in total. The van der Waals surface area contributed by atoms with Crippen molar-refractivity contribution >= 4 is 35.2 Å². The lowest BCUT2D eigenvalue weighted by Crippen LogP contribution is -2.54. The van der Waals surface area contributed by atoms with E-state index in [1.165, 1.54) is 12.3 Å². The Labute approximate surface area is 167 Å². The third kappa shape index (κ3) is 3.20. The first kappa shape index (κ1) is 20.4. The van der Waals surface area contributed by atoms with Gasteiger partial charge in [0.25, 0.3) is 0 Å². The van der Waals surface area contributed by atoms with Crippen molar-refractivity contribution < 1.29 is 19.0 Å². The van der Waals surface area contributed by atoms with E-state index in [1.807, 2.05) is 16.4 Å². The summed E-state index contributed by atoms with van der Waals surface area (Å²) in [5.41, 5.74) is 1.41. The summed E-state index contributed by atoms with van der Waals surface area (Å²) in [5.74, 6) is -0.754. The summed E-state index contributed by atoms with van der Waals surface area (Å²) in [7, 11) is 0. The minimum Gasteiger partial charge on any atom is -0.449 e. The molecule has 1 fully saturated rings. The second-order valence-corrected chi connectivity index (χ2v) is 7.61. The van der Waals surface area contributed by atoms with Gasteiger partial charge in [0.1, 0.15) is 5.82 Å². The molecule has 2 aliphatic rings. The first-order valence-electron chi connectivity index (χ1n) is 9.08. The van der Waals surface area contributed by atoms with Crippen molar-refractivity contribution in [2.24, 2.45) is 0 Å². The van der Waals surface area contributed by atoms with Crippen molar-refractivity contribution in [3.8, 4) is 5.75 Å². The number of halogens is 2. The number of piperazine rings is 1. The van der Waals surface area contributed by atoms with Gasteiger partial charge in [-0.1, -0.05) is 0 Å². The van der Waals surface area contributed by atoms with Gasteiger partial charge in [0, 0.05) is 36.8 Å². The van der Waals surface area contributed by atoms with Crippen molar-refractivity contribution in [3.63, 3.8) is 0 Å². The van der Waals surface area contributed by atoms with Gasteiger partial charge in [0.2, 0.25) is 5.43 Å². The van der Waals surface area contributed by atoms with E-state index in [4.69, 9.17) is 5.11 Å². The van der Waals surface area contributed by atoms with Crippen LogP contribution in [0.15, 0.2) is 17.1 Å². The molecular weight excluding hydrogens is 389 g/mol. The van der Waals surface area contributed by atoms with E-state index < -0.39 is 17.4 Å². The average Bonchev–Trinajstić information content (AvgIpc) is 2.87.